The molecule has 0 bridgehead atoms. The molecule has 0 aromatic rings. The fraction of sp³-hybridized carbons (Fsp3) is 0.769. The van der Waals surface area contributed by atoms with E-state index in [0.29, 0.717) is 6.61 Å². The van der Waals surface area contributed by atoms with Crippen LogP contribution in [0.1, 0.15) is 26.2 Å². The second kappa shape index (κ2) is 5.19. The van der Waals surface area contributed by atoms with E-state index in [1.807, 2.05) is 6.08 Å². The van der Waals surface area contributed by atoms with Crippen LogP contribution in [0, 0.1) is 11.3 Å². The minimum Gasteiger partial charge on any atom is -0.459 e. The molecule has 0 N–H and O–H groups in total. The summed E-state index contributed by atoms with van der Waals surface area (Å²) in [7, 11) is 1.58. The van der Waals surface area contributed by atoms with Crippen LogP contribution in [0.25, 0.3) is 0 Å². The van der Waals surface area contributed by atoms with Gasteiger partial charge in [0.15, 0.2) is 0 Å². The smallest absolute Gasteiger partial charge is 0.316 e. The molecule has 0 amide bonds. The van der Waals surface area contributed by atoms with Crippen molar-refractivity contribution in [2.45, 2.75) is 32.3 Å². The van der Waals surface area contributed by atoms with Gasteiger partial charge in [0.1, 0.15) is 12.9 Å². The van der Waals surface area contributed by atoms with Gasteiger partial charge in [-0.2, -0.15) is 0 Å². The molecule has 4 nitrogen and oxygen atoms in total. The van der Waals surface area contributed by atoms with E-state index >= 15 is 0 Å². The lowest BCUT2D eigenvalue weighted by Gasteiger charge is -2.29. The van der Waals surface area contributed by atoms with Crippen molar-refractivity contribution in [3.63, 3.8) is 0 Å². The summed E-state index contributed by atoms with van der Waals surface area (Å²) in [4.78, 5) is 12.0. The molecule has 1 aliphatic heterocycles. The van der Waals surface area contributed by atoms with Crippen LogP contribution in [0.5, 0.6) is 0 Å². The fourth-order valence-corrected chi connectivity index (χ4v) is 2.73. The van der Waals surface area contributed by atoms with E-state index in [1.165, 1.54) is 0 Å². The Morgan fingerprint density at radius 3 is 3.06 bits per heavy atom. The molecule has 0 unspecified atom stereocenters. The van der Waals surface area contributed by atoms with Crippen LogP contribution in [-0.2, 0) is 19.0 Å². The number of esters is 1. The van der Waals surface area contributed by atoms with Crippen LogP contribution in [-0.4, -0.2) is 32.6 Å². The van der Waals surface area contributed by atoms with Crippen molar-refractivity contribution >= 4 is 5.97 Å². The third kappa shape index (κ3) is 2.24. The topological polar surface area (TPSA) is 44.8 Å². The molecule has 96 valence electrons. The van der Waals surface area contributed by atoms with Gasteiger partial charge in [0.2, 0.25) is 0 Å². The lowest BCUT2D eigenvalue weighted by atomic mass is 9.70. The number of rotatable bonds is 4. The standard InChI is InChI=1S/C13H20O4/c1-10-11(8-16-9-15-2)17-12(14)13(10)6-4-3-5-7-13/h4,6,10-11H,3,5,7-9H2,1-2H3/t10-,11+,13+/m1/s1. The largest absolute Gasteiger partial charge is 0.459 e. The van der Waals surface area contributed by atoms with Crippen LogP contribution in [0.2, 0.25) is 0 Å². The normalized spacial score (nSPS) is 36.5. The quantitative estimate of drug-likeness (QED) is 0.326. The van der Waals surface area contributed by atoms with Crippen molar-refractivity contribution in [3.8, 4) is 0 Å². The fourth-order valence-electron chi connectivity index (χ4n) is 2.73. The zero-order valence-electron chi connectivity index (χ0n) is 10.5. The molecule has 0 saturated carbocycles. The third-order valence-corrected chi connectivity index (χ3v) is 3.87. The van der Waals surface area contributed by atoms with Gasteiger partial charge in [0.25, 0.3) is 0 Å². The molecule has 17 heavy (non-hydrogen) atoms. The summed E-state index contributed by atoms with van der Waals surface area (Å²) in [6.07, 6.45) is 7.00. The van der Waals surface area contributed by atoms with Crippen LogP contribution in [0.4, 0.5) is 0 Å². The SMILES string of the molecule is COCOC[C@@H]1OC(=O)[C@]2(C=CCCC2)[C@@H]1C. The summed E-state index contributed by atoms with van der Waals surface area (Å²) in [6, 6.07) is 0. The van der Waals surface area contributed by atoms with Gasteiger partial charge in [-0.1, -0.05) is 19.1 Å². The molecular weight excluding hydrogens is 220 g/mol. The molecule has 3 atom stereocenters. The van der Waals surface area contributed by atoms with Crippen molar-refractivity contribution < 1.29 is 19.0 Å². The molecular formula is C13H20O4. The Bertz CT molecular complexity index is 313. The molecule has 4 heteroatoms. The monoisotopic (exact) mass is 240 g/mol. The Labute approximate surface area is 102 Å². The zero-order valence-corrected chi connectivity index (χ0v) is 10.5. The molecule has 0 radical (unpaired) electrons. The maximum absolute atomic E-state index is 12.0. The van der Waals surface area contributed by atoms with E-state index in [1.54, 1.807) is 7.11 Å². The highest BCUT2D eigenvalue weighted by Gasteiger charge is 2.53. The average molecular weight is 240 g/mol. The highest BCUT2D eigenvalue weighted by atomic mass is 16.7. The Kier molecular flexibility index (Phi) is 3.84. The highest BCUT2D eigenvalue weighted by Crippen LogP contribution is 2.46. The van der Waals surface area contributed by atoms with Gasteiger partial charge in [-0.3, -0.25) is 4.79 Å². The molecule has 2 rings (SSSR count). The molecule has 1 aliphatic carbocycles. The summed E-state index contributed by atoms with van der Waals surface area (Å²) in [5.41, 5.74) is -0.403. The summed E-state index contributed by atoms with van der Waals surface area (Å²) in [5.74, 6) is 0.0790. The van der Waals surface area contributed by atoms with Gasteiger partial charge < -0.3 is 14.2 Å². The Hall–Kier alpha value is -0.870. The van der Waals surface area contributed by atoms with E-state index in [4.69, 9.17) is 14.2 Å². The minimum atomic E-state index is -0.403. The van der Waals surface area contributed by atoms with Crippen LogP contribution >= 0.6 is 0 Å². The molecule has 0 aromatic carbocycles. The predicted molar refractivity (Wildman–Crippen MR) is 62.3 cm³/mol. The van der Waals surface area contributed by atoms with Crippen molar-refractivity contribution in [1.82, 2.24) is 0 Å². The number of hydrogen-bond donors (Lipinski definition) is 0. The molecule has 0 aromatic heterocycles. The van der Waals surface area contributed by atoms with Gasteiger partial charge in [0.05, 0.1) is 12.0 Å². The van der Waals surface area contributed by atoms with E-state index in [0.717, 1.165) is 19.3 Å². The number of carbonyl (C=O) groups excluding carboxylic acids is 1. The summed E-state index contributed by atoms with van der Waals surface area (Å²) in [5, 5.41) is 0. The molecule has 1 heterocycles. The first-order chi connectivity index (χ1) is 8.20. The average Bonchev–Trinajstić information content (AvgIpc) is 2.57. The van der Waals surface area contributed by atoms with Gasteiger partial charge in [0, 0.05) is 13.0 Å². The first-order valence-electron chi connectivity index (χ1n) is 6.16. The first-order valence-corrected chi connectivity index (χ1v) is 6.16. The number of cyclic esters (lactones) is 1. The predicted octanol–water partition coefficient (Wildman–Crippen LogP) is 1.89. The molecule has 2 aliphatic rings. The molecule has 1 spiro atoms. The summed E-state index contributed by atoms with van der Waals surface area (Å²) < 4.78 is 15.6. The molecule has 1 fully saturated rings. The van der Waals surface area contributed by atoms with Gasteiger partial charge in [-0.15, -0.1) is 0 Å². The van der Waals surface area contributed by atoms with Gasteiger partial charge in [-0.05, 0) is 19.3 Å². The maximum atomic E-state index is 12.0. The van der Waals surface area contributed by atoms with E-state index < -0.39 is 5.41 Å². The van der Waals surface area contributed by atoms with Crippen molar-refractivity contribution in [2.75, 3.05) is 20.5 Å². The maximum Gasteiger partial charge on any atom is 0.316 e. The lowest BCUT2D eigenvalue weighted by molar-refractivity contribution is -0.150. The number of carbonyl (C=O) groups is 1. The second-order valence-electron chi connectivity index (χ2n) is 4.84. The van der Waals surface area contributed by atoms with Crippen molar-refractivity contribution in [1.29, 1.82) is 0 Å². The lowest BCUT2D eigenvalue weighted by Crippen LogP contribution is -2.33. The second-order valence-corrected chi connectivity index (χ2v) is 4.84. The van der Waals surface area contributed by atoms with Gasteiger partial charge >= 0.3 is 5.97 Å². The van der Waals surface area contributed by atoms with Crippen molar-refractivity contribution in [3.05, 3.63) is 12.2 Å². The summed E-state index contributed by atoms with van der Waals surface area (Å²) >= 11 is 0. The Morgan fingerprint density at radius 1 is 1.59 bits per heavy atom. The first kappa shape index (κ1) is 12.6. The van der Waals surface area contributed by atoms with Crippen LogP contribution < -0.4 is 0 Å². The Morgan fingerprint density at radius 2 is 2.41 bits per heavy atom. The van der Waals surface area contributed by atoms with Crippen molar-refractivity contribution in [2.24, 2.45) is 11.3 Å². The zero-order chi connectivity index (χ0) is 12.3. The van der Waals surface area contributed by atoms with E-state index in [9.17, 15) is 4.79 Å². The number of hydrogen-bond acceptors (Lipinski definition) is 4. The van der Waals surface area contributed by atoms with Crippen LogP contribution in [0.15, 0.2) is 12.2 Å². The minimum absolute atomic E-state index is 0.0908. The molecule has 1 saturated heterocycles. The van der Waals surface area contributed by atoms with E-state index in [-0.39, 0.29) is 24.8 Å². The summed E-state index contributed by atoms with van der Waals surface area (Å²) in [6.45, 7) is 2.72. The highest BCUT2D eigenvalue weighted by molar-refractivity contribution is 5.82. The number of methoxy groups -OCH3 is 1. The van der Waals surface area contributed by atoms with Gasteiger partial charge in [-0.25, -0.2) is 0 Å². The Balaban J connectivity index is 2.03. The third-order valence-electron chi connectivity index (χ3n) is 3.87. The number of ether oxygens (including phenoxy) is 3. The number of allylic oxidation sites excluding steroid dienone is 1. The van der Waals surface area contributed by atoms with Crippen LogP contribution in [0.3, 0.4) is 0 Å². The van der Waals surface area contributed by atoms with E-state index in [2.05, 4.69) is 13.0 Å².